The van der Waals surface area contributed by atoms with Crippen LogP contribution in [0.4, 0.5) is 0 Å². The average molecular weight is 499 g/mol. The smallest absolute Gasteiger partial charge is 0.269 e. The Labute approximate surface area is 213 Å². The number of carbonyl (C=O) groups excluding carboxylic acids is 2. The van der Waals surface area contributed by atoms with Gasteiger partial charge in [0.25, 0.3) is 11.8 Å². The maximum absolute atomic E-state index is 12.5. The normalized spacial score (nSPS) is 14.8. The zero-order valence-corrected chi connectivity index (χ0v) is 20.0. The van der Waals surface area contributed by atoms with Gasteiger partial charge in [0, 0.05) is 23.3 Å². The Balaban J connectivity index is 1.12. The molecule has 188 valence electrons. The van der Waals surface area contributed by atoms with Crippen LogP contribution in [0.2, 0.25) is 0 Å². The van der Waals surface area contributed by atoms with Crippen molar-refractivity contribution in [2.24, 2.45) is 0 Å². The lowest BCUT2D eigenvalue weighted by molar-refractivity contribution is 0.0679. The Bertz CT molecular complexity index is 1350. The number of aromatic nitrogens is 4. The minimum absolute atomic E-state index is 0.0855. The van der Waals surface area contributed by atoms with Crippen LogP contribution in [0.5, 0.6) is 5.75 Å². The molecule has 1 fully saturated rings. The Hall–Kier alpha value is -4.57. The largest absolute Gasteiger partial charge is 0.491 e. The molecule has 2 N–H and O–H groups in total. The van der Waals surface area contributed by atoms with Crippen LogP contribution in [0, 0.1) is 0 Å². The molecule has 0 aliphatic carbocycles. The molecule has 0 spiro atoms. The second-order valence-electron chi connectivity index (χ2n) is 8.59. The van der Waals surface area contributed by atoms with Gasteiger partial charge >= 0.3 is 0 Å². The zero-order chi connectivity index (χ0) is 25.5. The molecule has 10 heteroatoms. The van der Waals surface area contributed by atoms with Crippen LogP contribution in [0.25, 0.3) is 11.4 Å². The van der Waals surface area contributed by atoms with Crippen LogP contribution in [0.1, 0.15) is 39.1 Å². The van der Waals surface area contributed by atoms with Gasteiger partial charge in [-0.05, 0) is 54.0 Å². The van der Waals surface area contributed by atoms with E-state index in [0.29, 0.717) is 35.9 Å². The van der Waals surface area contributed by atoms with Crippen LogP contribution in [0.3, 0.4) is 0 Å². The first-order valence-electron chi connectivity index (χ1n) is 12.0. The highest BCUT2D eigenvalue weighted by atomic mass is 16.5. The third-order valence-corrected chi connectivity index (χ3v) is 5.87. The molecule has 4 aromatic rings. The second kappa shape index (κ2) is 11.4. The van der Waals surface area contributed by atoms with Crippen molar-refractivity contribution in [1.29, 1.82) is 0 Å². The monoisotopic (exact) mass is 498 g/mol. The summed E-state index contributed by atoms with van der Waals surface area (Å²) in [6, 6.07) is 23.3. The van der Waals surface area contributed by atoms with E-state index in [9.17, 15) is 9.59 Å². The van der Waals surface area contributed by atoms with Crippen LogP contribution >= 0.6 is 0 Å². The summed E-state index contributed by atoms with van der Waals surface area (Å²) in [5.74, 6) is 0.241. The summed E-state index contributed by atoms with van der Waals surface area (Å²) in [5, 5.41) is 12.6. The molecule has 5 rings (SSSR count). The summed E-state index contributed by atoms with van der Waals surface area (Å²) in [4.78, 5) is 26.5. The van der Waals surface area contributed by atoms with E-state index >= 15 is 0 Å². The molecular formula is C27H26N6O4. The maximum atomic E-state index is 12.5. The van der Waals surface area contributed by atoms with Crippen molar-refractivity contribution in [2.75, 3.05) is 13.2 Å². The molecule has 0 saturated carbocycles. The van der Waals surface area contributed by atoms with Crippen molar-refractivity contribution >= 4 is 11.8 Å². The van der Waals surface area contributed by atoms with Gasteiger partial charge in [0.2, 0.25) is 5.82 Å². The van der Waals surface area contributed by atoms with Crippen LogP contribution in [-0.2, 0) is 11.3 Å². The van der Waals surface area contributed by atoms with E-state index in [-0.39, 0.29) is 6.10 Å². The number of nitrogens with zero attached hydrogens (tertiary/aromatic N) is 4. The molecule has 1 atom stereocenters. The van der Waals surface area contributed by atoms with Gasteiger partial charge in [-0.25, -0.2) is 0 Å². The van der Waals surface area contributed by atoms with Gasteiger partial charge < -0.3 is 9.47 Å². The first-order valence-corrected chi connectivity index (χ1v) is 12.0. The van der Waals surface area contributed by atoms with Crippen LogP contribution in [-0.4, -0.2) is 51.3 Å². The number of carbonyl (C=O) groups is 2. The number of hydrogen-bond acceptors (Lipinski definition) is 7. The minimum Gasteiger partial charge on any atom is -0.491 e. The van der Waals surface area contributed by atoms with E-state index in [0.717, 1.165) is 30.6 Å². The molecule has 0 unspecified atom stereocenters. The molecule has 3 aromatic carbocycles. The Morgan fingerprint density at radius 3 is 2.49 bits per heavy atom. The Morgan fingerprint density at radius 1 is 0.946 bits per heavy atom. The van der Waals surface area contributed by atoms with E-state index in [1.165, 1.54) is 4.80 Å². The summed E-state index contributed by atoms with van der Waals surface area (Å²) in [7, 11) is 0. The molecular weight excluding hydrogens is 472 g/mol. The van der Waals surface area contributed by atoms with Gasteiger partial charge in [0.05, 0.1) is 12.6 Å². The highest BCUT2D eigenvalue weighted by molar-refractivity contribution is 5.99. The topological polar surface area (TPSA) is 120 Å². The molecule has 0 bridgehead atoms. The predicted octanol–water partition coefficient (Wildman–Crippen LogP) is 3.02. The van der Waals surface area contributed by atoms with Gasteiger partial charge in [0.15, 0.2) is 0 Å². The second-order valence-corrected chi connectivity index (χ2v) is 8.59. The molecule has 1 aliphatic heterocycles. The first kappa shape index (κ1) is 24.1. The maximum Gasteiger partial charge on any atom is 0.269 e. The third kappa shape index (κ3) is 6.36. The van der Waals surface area contributed by atoms with Crippen molar-refractivity contribution in [3.63, 3.8) is 0 Å². The number of benzene rings is 3. The van der Waals surface area contributed by atoms with Gasteiger partial charge in [-0.15, -0.1) is 10.2 Å². The van der Waals surface area contributed by atoms with E-state index in [4.69, 9.17) is 9.47 Å². The molecule has 2 amide bonds. The standard InChI is InChI=1S/C27H26N6O4/c34-26(29-30-27(35)22-8-4-9-23(16-22)37-18-24-10-5-15-36-24)21-13-11-19(12-14-21)17-33-31-25(28-32-33)20-6-2-1-3-7-20/h1-4,6-9,11-14,16,24H,5,10,15,17-18H2,(H,29,34)(H,30,35)/t24-/m1/s1. The average Bonchev–Trinajstić information content (AvgIpc) is 3.64. The Morgan fingerprint density at radius 2 is 1.73 bits per heavy atom. The summed E-state index contributed by atoms with van der Waals surface area (Å²) in [6.45, 7) is 1.61. The SMILES string of the molecule is O=C(NNC(=O)c1cccc(OC[C@H]2CCCO2)c1)c1ccc(Cn2nnc(-c3ccccc3)n2)cc1. The summed E-state index contributed by atoms with van der Waals surface area (Å²) < 4.78 is 11.3. The first-order chi connectivity index (χ1) is 18.1. The van der Waals surface area contributed by atoms with Crippen LogP contribution in [0.15, 0.2) is 78.9 Å². The molecule has 37 heavy (non-hydrogen) atoms. The van der Waals surface area contributed by atoms with Crippen LogP contribution < -0.4 is 15.6 Å². The van der Waals surface area contributed by atoms with Gasteiger partial charge in [-0.3, -0.25) is 20.4 Å². The highest BCUT2D eigenvalue weighted by Crippen LogP contribution is 2.17. The molecule has 1 saturated heterocycles. The van der Waals surface area contributed by atoms with E-state index in [1.54, 1.807) is 48.5 Å². The summed E-state index contributed by atoms with van der Waals surface area (Å²) >= 11 is 0. The number of hydrazine groups is 1. The number of ether oxygens (including phenoxy) is 2. The molecule has 1 aliphatic rings. The summed E-state index contributed by atoms with van der Waals surface area (Å²) in [6.07, 6.45) is 2.09. The van der Waals surface area contributed by atoms with Crippen molar-refractivity contribution in [3.8, 4) is 17.1 Å². The fourth-order valence-corrected chi connectivity index (χ4v) is 3.89. The quantitative estimate of drug-likeness (QED) is 0.358. The van der Waals surface area contributed by atoms with Crippen molar-refractivity contribution < 1.29 is 19.1 Å². The lowest BCUT2D eigenvalue weighted by atomic mass is 10.1. The lowest BCUT2D eigenvalue weighted by Gasteiger charge is -2.12. The third-order valence-electron chi connectivity index (χ3n) is 5.87. The van der Waals surface area contributed by atoms with E-state index in [2.05, 4.69) is 26.3 Å². The van der Waals surface area contributed by atoms with Gasteiger partial charge in [0.1, 0.15) is 12.4 Å². The number of tetrazole rings is 1. The predicted molar refractivity (Wildman–Crippen MR) is 135 cm³/mol. The summed E-state index contributed by atoms with van der Waals surface area (Å²) in [5.41, 5.74) is 7.45. The van der Waals surface area contributed by atoms with Gasteiger partial charge in [-0.1, -0.05) is 48.5 Å². The number of rotatable bonds is 8. The number of amides is 2. The number of hydrogen-bond donors (Lipinski definition) is 2. The van der Waals surface area contributed by atoms with E-state index < -0.39 is 11.8 Å². The number of nitrogens with one attached hydrogen (secondary N) is 2. The van der Waals surface area contributed by atoms with E-state index in [1.807, 2.05) is 30.3 Å². The van der Waals surface area contributed by atoms with Crippen molar-refractivity contribution in [1.82, 2.24) is 31.1 Å². The molecule has 0 radical (unpaired) electrons. The van der Waals surface area contributed by atoms with Crippen molar-refractivity contribution in [2.45, 2.75) is 25.5 Å². The fourth-order valence-electron chi connectivity index (χ4n) is 3.89. The molecule has 10 nitrogen and oxygen atoms in total. The van der Waals surface area contributed by atoms with Crippen molar-refractivity contribution in [3.05, 3.63) is 95.6 Å². The van der Waals surface area contributed by atoms with Gasteiger partial charge in [-0.2, -0.15) is 4.80 Å². The zero-order valence-electron chi connectivity index (χ0n) is 20.0. The molecule has 1 aromatic heterocycles. The lowest BCUT2D eigenvalue weighted by Crippen LogP contribution is -2.41. The fraction of sp³-hybridized carbons (Fsp3) is 0.222. The highest BCUT2D eigenvalue weighted by Gasteiger charge is 2.16. The Kier molecular flexibility index (Phi) is 7.47. The molecule has 2 heterocycles. The minimum atomic E-state index is -0.445.